The van der Waals surface area contributed by atoms with E-state index >= 15 is 0 Å². The zero-order valence-corrected chi connectivity index (χ0v) is 18.6. The monoisotopic (exact) mass is 498 g/mol. The third-order valence-corrected chi connectivity index (χ3v) is 0.928. The van der Waals surface area contributed by atoms with E-state index in [2.05, 4.69) is 4.74 Å². The molecule has 0 bridgehead atoms. The Bertz CT molecular complexity index is 259. The first kappa shape index (κ1) is 48.0. The molecule has 1 atom stereocenters. The Morgan fingerprint density at radius 3 is 0.710 bits per heavy atom. The second-order valence-corrected chi connectivity index (χ2v) is 5.31. The average Bonchev–Trinajstić information content (AvgIpc) is 2.77. The van der Waals surface area contributed by atoms with Crippen molar-refractivity contribution in [3.05, 3.63) is 0 Å². The van der Waals surface area contributed by atoms with E-state index in [1.165, 1.54) is 7.11 Å². The topological polar surface area (TPSA) is 306 Å². The van der Waals surface area contributed by atoms with Crippen LogP contribution in [0.15, 0.2) is 0 Å². The molecule has 17 heteroatoms. The van der Waals surface area contributed by atoms with Crippen LogP contribution in [0.3, 0.4) is 0 Å². The Hall–Kier alpha value is -0.610. The first-order valence-corrected chi connectivity index (χ1v) is 10.1. The van der Waals surface area contributed by atoms with Gasteiger partial charge in [-0.25, -0.2) is 0 Å². The maximum absolute atomic E-state index is 9.19. The molecule has 16 nitrogen and oxygen atoms in total. The van der Waals surface area contributed by atoms with Gasteiger partial charge in [0.15, 0.2) is 6.29 Å². The summed E-state index contributed by atoms with van der Waals surface area (Å²) in [5, 5.41) is 92.4. The minimum atomic E-state index is -3.67. The molecular weight excluding hydrogens is 456 g/mol. The van der Waals surface area contributed by atoms with Gasteiger partial charge in [-0.15, -0.1) is 0 Å². The molecule has 0 heterocycles. The smallest absolute Gasteiger partial charge is 0.261 e. The number of hydrogen-bond donors (Lipinski definition) is 13. The maximum Gasteiger partial charge on any atom is 0.261 e. The van der Waals surface area contributed by atoms with Crippen LogP contribution in [0.5, 0.6) is 0 Å². The highest BCUT2D eigenvalue weighted by molar-refractivity contribution is 7.85. The number of rotatable bonds is 7. The van der Waals surface area contributed by atoms with E-state index in [-0.39, 0.29) is 72.7 Å². The Labute approximate surface area is 182 Å². The quantitative estimate of drug-likeness (QED) is 0.114. The van der Waals surface area contributed by atoms with Crippen molar-refractivity contribution >= 4 is 10.1 Å². The first-order chi connectivity index (χ1) is 14.4. The van der Waals surface area contributed by atoms with Gasteiger partial charge in [-0.3, -0.25) is 4.55 Å². The largest absolute Gasteiger partial charge is 0.394 e. The maximum atomic E-state index is 9.19. The van der Waals surface area contributed by atoms with Crippen LogP contribution < -0.4 is 0 Å². The zero-order chi connectivity index (χ0) is 26.6. The summed E-state index contributed by atoms with van der Waals surface area (Å²) in [7, 11) is -2.35. The average molecular weight is 499 g/mol. The van der Waals surface area contributed by atoms with Gasteiger partial charge in [0.2, 0.25) is 0 Å². The molecule has 0 fully saturated rings. The SMILES string of the molecule is COC(O)CO.CS(=O)(=O)O.OCCO.OCCO.OCCO.OCCO.OCCO. The van der Waals surface area contributed by atoms with Gasteiger partial charge in [-0.2, -0.15) is 8.42 Å². The van der Waals surface area contributed by atoms with E-state index in [1.807, 2.05) is 0 Å². The molecule has 31 heavy (non-hydrogen) atoms. The van der Waals surface area contributed by atoms with E-state index in [9.17, 15) is 8.42 Å². The molecule has 0 aliphatic rings. The van der Waals surface area contributed by atoms with Crippen LogP contribution in [0.4, 0.5) is 0 Å². The summed E-state index contributed by atoms with van der Waals surface area (Å²) in [6, 6.07) is 0. The predicted molar refractivity (Wildman–Crippen MR) is 108 cm³/mol. The second-order valence-electron chi connectivity index (χ2n) is 3.84. The van der Waals surface area contributed by atoms with Crippen molar-refractivity contribution in [1.29, 1.82) is 0 Å². The third-order valence-electron chi connectivity index (χ3n) is 0.928. The Kier molecular flexibility index (Phi) is 88.2. The lowest BCUT2D eigenvalue weighted by Gasteiger charge is -1.99. The van der Waals surface area contributed by atoms with Gasteiger partial charge in [0, 0.05) is 7.11 Å². The van der Waals surface area contributed by atoms with Crippen molar-refractivity contribution in [2.45, 2.75) is 6.29 Å². The third kappa shape index (κ3) is 313. The number of methoxy groups -OCH3 is 1. The van der Waals surface area contributed by atoms with Crippen LogP contribution in [0.25, 0.3) is 0 Å². The van der Waals surface area contributed by atoms with E-state index in [1.54, 1.807) is 0 Å². The molecule has 0 rings (SSSR count). The number of hydrogen-bond acceptors (Lipinski definition) is 15. The fourth-order valence-electron chi connectivity index (χ4n) is 0.0745. The minimum Gasteiger partial charge on any atom is -0.394 e. The molecule has 0 spiro atoms. The van der Waals surface area contributed by atoms with Gasteiger partial charge in [-0.1, -0.05) is 0 Å². The fourth-order valence-corrected chi connectivity index (χ4v) is 0.0745. The highest BCUT2D eigenvalue weighted by atomic mass is 32.2. The standard InChI is InChI=1S/C3H8O3.5C2H6O2.CH4O3S/c1-6-3(5)2-4;5*3-1-2-4;1-5(2,3)4/h3-5H,2H2,1H3;5*3-4H,1-2H2;1H3,(H,2,3,4). The van der Waals surface area contributed by atoms with Crippen LogP contribution in [0.1, 0.15) is 0 Å². The van der Waals surface area contributed by atoms with Crippen molar-refractivity contribution in [2.75, 3.05) is 86.0 Å². The highest BCUT2D eigenvalue weighted by Crippen LogP contribution is 1.75. The molecule has 0 saturated carbocycles. The first-order valence-electron chi connectivity index (χ1n) is 8.21. The summed E-state index contributed by atoms with van der Waals surface area (Å²) in [5.74, 6) is 0. The minimum absolute atomic E-state index is 0.125. The van der Waals surface area contributed by atoms with Crippen molar-refractivity contribution in [1.82, 2.24) is 0 Å². The summed E-state index contributed by atoms with van der Waals surface area (Å²) < 4.78 is 30.1. The highest BCUT2D eigenvalue weighted by Gasteiger charge is 1.92. The van der Waals surface area contributed by atoms with Crippen molar-refractivity contribution in [2.24, 2.45) is 0 Å². The number of aliphatic hydroxyl groups excluding tert-OH is 12. The predicted octanol–water partition coefficient (Wildman–Crippen LogP) is -6.70. The van der Waals surface area contributed by atoms with Crippen molar-refractivity contribution < 1.29 is 79.0 Å². The molecule has 0 saturated heterocycles. The molecule has 13 N–H and O–H groups in total. The lowest BCUT2D eigenvalue weighted by atomic mass is 10.7. The summed E-state index contributed by atoms with van der Waals surface area (Å²) in [4.78, 5) is 0. The van der Waals surface area contributed by atoms with Gasteiger partial charge < -0.3 is 66.0 Å². The summed E-state index contributed by atoms with van der Waals surface area (Å²) in [5.41, 5.74) is 0. The van der Waals surface area contributed by atoms with Crippen LogP contribution in [-0.2, 0) is 14.9 Å². The molecule has 0 aromatic carbocycles. The van der Waals surface area contributed by atoms with Crippen molar-refractivity contribution in [3.63, 3.8) is 0 Å². The lowest BCUT2D eigenvalue weighted by molar-refractivity contribution is -0.102. The van der Waals surface area contributed by atoms with E-state index in [0.29, 0.717) is 6.26 Å². The molecule has 0 aliphatic carbocycles. The molecule has 0 radical (unpaired) electrons. The Morgan fingerprint density at radius 1 is 0.581 bits per heavy atom. The molecular formula is C14H42O16S. The van der Waals surface area contributed by atoms with Crippen LogP contribution >= 0.6 is 0 Å². The molecule has 200 valence electrons. The number of ether oxygens (including phenoxy) is 1. The molecule has 0 aromatic rings. The molecule has 0 aliphatic heterocycles. The van der Waals surface area contributed by atoms with Gasteiger partial charge in [0.25, 0.3) is 10.1 Å². The Balaban J connectivity index is -0.0000000437. The fraction of sp³-hybridized carbons (Fsp3) is 1.00. The zero-order valence-electron chi connectivity index (χ0n) is 17.8. The summed E-state index contributed by atoms with van der Waals surface area (Å²) >= 11 is 0. The molecule has 1 unspecified atom stereocenters. The van der Waals surface area contributed by atoms with Crippen molar-refractivity contribution in [3.8, 4) is 0 Å². The van der Waals surface area contributed by atoms with E-state index in [0.717, 1.165) is 0 Å². The van der Waals surface area contributed by atoms with Gasteiger partial charge in [0.1, 0.15) is 0 Å². The summed E-state index contributed by atoms with van der Waals surface area (Å²) in [6.07, 6.45) is -0.294. The van der Waals surface area contributed by atoms with E-state index < -0.39 is 16.4 Å². The van der Waals surface area contributed by atoms with Crippen LogP contribution in [0, 0.1) is 0 Å². The van der Waals surface area contributed by atoms with Gasteiger partial charge >= 0.3 is 0 Å². The molecule has 0 amide bonds. The van der Waals surface area contributed by atoms with E-state index in [4.69, 9.17) is 65.8 Å². The number of aliphatic hydroxyl groups is 12. The summed E-state index contributed by atoms with van der Waals surface area (Å²) in [6.45, 7) is -1.59. The molecule has 0 aromatic heterocycles. The lowest BCUT2D eigenvalue weighted by Crippen LogP contribution is -2.12. The normalized spacial score (nSPS) is 9.52. The van der Waals surface area contributed by atoms with Crippen LogP contribution in [-0.4, -0.2) is 167 Å². The van der Waals surface area contributed by atoms with Gasteiger partial charge in [-0.05, 0) is 0 Å². The second kappa shape index (κ2) is 57.0. The van der Waals surface area contributed by atoms with Gasteiger partial charge in [0.05, 0.1) is 78.9 Å². The van der Waals surface area contributed by atoms with Crippen LogP contribution in [0.2, 0.25) is 0 Å². The Morgan fingerprint density at radius 2 is 0.710 bits per heavy atom.